The number of aryl methyl sites for hydroxylation is 1. The maximum atomic E-state index is 12.3. The summed E-state index contributed by atoms with van der Waals surface area (Å²) in [6, 6.07) is 3.74. The Labute approximate surface area is 131 Å². The second-order valence-corrected chi connectivity index (χ2v) is 7.79. The van der Waals surface area contributed by atoms with Crippen molar-refractivity contribution in [2.45, 2.75) is 26.3 Å². The summed E-state index contributed by atoms with van der Waals surface area (Å²) < 4.78 is 0.711. The normalized spacial score (nSPS) is 11.7. The Morgan fingerprint density at radius 1 is 1.45 bits per heavy atom. The quantitative estimate of drug-likeness (QED) is 0.904. The zero-order valence-corrected chi connectivity index (χ0v) is 13.9. The number of nitrogens with zero attached hydrogens (tertiary/aromatic N) is 1. The molecule has 2 aromatic heterocycles. The van der Waals surface area contributed by atoms with Crippen LogP contribution in [0.4, 0.5) is 0 Å². The third kappa shape index (κ3) is 3.38. The van der Waals surface area contributed by atoms with E-state index in [0.717, 1.165) is 15.6 Å². The fourth-order valence-electron chi connectivity index (χ4n) is 1.56. The number of carbonyl (C=O) groups excluding carboxylic acids is 1. The molecule has 4 nitrogen and oxygen atoms in total. The number of thiophene rings is 1. The van der Waals surface area contributed by atoms with E-state index in [1.165, 1.54) is 22.7 Å². The van der Waals surface area contributed by atoms with Crippen LogP contribution in [0, 0.1) is 6.92 Å². The predicted molar refractivity (Wildman–Crippen MR) is 85.8 cm³/mol. The summed E-state index contributed by atoms with van der Waals surface area (Å²) in [5, 5.41) is 3.73. The van der Waals surface area contributed by atoms with Crippen LogP contribution in [0.2, 0.25) is 4.34 Å². The SMILES string of the molecule is Cc1nc(-c2ccc(Cl)s2)sc1C(=O)NC(C)(C)CN. The van der Waals surface area contributed by atoms with Gasteiger partial charge in [0.1, 0.15) is 9.88 Å². The first kappa shape index (κ1) is 15.4. The van der Waals surface area contributed by atoms with Gasteiger partial charge in [-0.05, 0) is 32.9 Å². The molecule has 108 valence electrons. The fourth-order valence-corrected chi connectivity index (χ4v) is 3.62. The number of nitrogens with two attached hydrogens (primary N) is 1. The molecular formula is C13H16ClN3OS2. The summed E-state index contributed by atoms with van der Waals surface area (Å²) >= 11 is 8.75. The maximum absolute atomic E-state index is 12.3. The van der Waals surface area contributed by atoms with Crippen molar-refractivity contribution in [1.82, 2.24) is 10.3 Å². The van der Waals surface area contributed by atoms with Crippen LogP contribution in [0.3, 0.4) is 0 Å². The number of aromatic nitrogens is 1. The lowest BCUT2D eigenvalue weighted by atomic mass is 10.1. The first-order chi connectivity index (χ1) is 9.32. The molecule has 0 unspecified atom stereocenters. The minimum absolute atomic E-state index is 0.135. The Bertz CT molecular complexity index is 633. The van der Waals surface area contributed by atoms with Gasteiger partial charge in [0.15, 0.2) is 0 Å². The molecule has 7 heteroatoms. The number of rotatable bonds is 4. The molecule has 0 saturated carbocycles. The van der Waals surface area contributed by atoms with Crippen LogP contribution in [0.25, 0.3) is 9.88 Å². The lowest BCUT2D eigenvalue weighted by molar-refractivity contribution is 0.0919. The van der Waals surface area contributed by atoms with Crippen LogP contribution in [-0.4, -0.2) is 23.0 Å². The monoisotopic (exact) mass is 329 g/mol. The second-order valence-electron chi connectivity index (χ2n) is 5.08. The van der Waals surface area contributed by atoms with Gasteiger partial charge in [0.05, 0.1) is 14.9 Å². The van der Waals surface area contributed by atoms with Crippen molar-refractivity contribution in [1.29, 1.82) is 0 Å². The van der Waals surface area contributed by atoms with E-state index in [9.17, 15) is 4.79 Å². The summed E-state index contributed by atoms with van der Waals surface area (Å²) in [5.74, 6) is -0.135. The number of halogens is 1. The molecule has 0 radical (unpaired) electrons. The molecule has 2 heterocycles. The average molecular weight is 330 g/mol. The molecule has 2 aromatic rings. The maximum Gasteiger partial charge on any atom is 0.263 e. The molecular weight excluding hydrogens is 314 g/mol. The highest BCUT2D eigenvalue weighted by Gasteiger charge is 2.23. The van der Waals surface area contributed by atoms with E-state index >= 15 is 0 Å². The number of amides is 1. The molecule has 1 amide bonds. The molecule has 0 aliphatic heterocycles. The number of nitrogens with one attached hydrogen (secondary N) is 1. The number of carbonyl (C=O) groups is 1. The van der Waals surface area contributed by atoms with Crippen molar-refractivity contribution < 1.29 is 4.79 Å². The minimum Gasteiger partial charge on any atom is -0.345 e. The van der Waals surface area contributed by atoms with E-state index in [1.807, 2.05) is 32.9 Å². The van der Waals surface area contributed by atoms with E-state index in [-0.39, 0.29) is 5.91 Å². The molecule has 3 N–H and O–H groups in total. The van der Waals surface area contributed by atoms with Crippen molar-refractivity contribution in [3.8, 4) is 9.88 Å². The van der Waals surface area contributed by atoms with Crippen LogP contribution in [-0.2, 0) is 0 Å². The highest BCUT2D eigenvalue weighted by molar-refractivity contribution is 7.24. The zero-order chi connectivity index (χ0) is 14.9. The predicted octanol–water partition coefficient (Wildman–Crippen LogP) is 3.30. The van der Waals surface area contributed by atoms with Crippen molar-refractivity contribution in [2.75, 3.05) is 6.54 Å². The Kier molecular flexibility index (Phi) is 4.49. The zero-order valence-electron chi connectivity index (χ0n) is 11.5. The van der Waals surface area contributed by atoms with Gasteiger partial charge in [-0.3, -0.25) is 4.79 Å². The van der Waals surface area contributed by atoms with Crippen LogP contribution in [0.1, 0.15) is 29.2 Å². The molecule has 20 heavy (non-hydrogen) atoms. The van der Waals surface area contributed by atoms with Crippen molar-refractivity contribution in [3.05, 3.63) is 27.0 Å². The van der Waals surface area contributed by atoms with E-state index < -0.39 is 5.54 Å². The third-order valence-corrected chi connectivity index (χ3v) is 5.31. The molecule has 0 aliphatic carbocycles. The number of hydrogen-bond donors (Lipinski definition) is 2. The summed E-state index contributed by atoms with van der Waals surface area (Å²) in [7, 11) is 0. The molecule has 2 rings (SSSR count). The van der Waals surface area contributed by atoms with E-state index in [0.29, 0.717) is 15.8 Å². The van der Waals surface area contributed by atoms with Gasteiger partial charge in [-0.2, -0.15) is 0 Å². The lowest BCUT2D eigenvalue weighted by Crippen LogP contribution is -2.48. The molecule has 0 aromatic carbocycles. The van der Waals surface area contributed by atoms with Gasteiger partial charge in [-0.1, -0.05) is 11.6 Å². The highest BCUT2D eigenvalue weighted by Crippen LogP contribution is 2.34. The molecule has 0 bridgehead atoms. The van der Waals surface area contributed by atoms with Crippen LogP contribution >= 0.6 is 34.3 Å². The van der Waals surface area contributed by atoms with E-state index in [1.54, 1.807) is 0 Å². The van der Waals surface area contributed by atoms with Gasteiger partial charge in [-0.15, -0.1) is 22.7 Å². The molecule has 0 aliphatic rings. The molecule has 0 atom stereocenters. The van der Waals surface area contributed by atoms with E-state index in [2.05, 4.69) is 10.3 Å². The van der Waals surface area contributed by atoms with E-state index in [4.69, 9.17) is 17.3 Å². The summed E-state index contributed by atoms with van der Waals surface area (Å²) in [6.07, 6.45) is 0. The minimum atomic E-state index is -0.431. The summed E-state index contributed by atoms with van der Waals surface area (Å²) in [5.41, 5.74) is 5.92. The van der Waals surface area contributed by atoms with Gasteiger partial charge < -0.3 is 11.1 Å². The van der Waals surface area contributed by atoms with Crippen LogP contribution in [0.5, 0.6) is 0 Å². The standard InChI is InChI=1S/C13H16ClN3OS2/c1-7-10(11(18)17-13(2,3)6-15)20-12(16-7)8-4-5-9(14)19-8/h4-5H,6,15H2,1-3H3,(H,17,18). The van der Waals surface area contributed by atoms with Gasteiger partial charge in [0, 0.05) is 12.1 Å². The fraction of sp³-hybridized carbons (Fsp3) is 0.385. The van der Waals surface area contributed by atoms with Crippen molar-refractivity contribution >= 4 is 40.2 Å². The number of thiazole rings is 1. The Balaban J connectivity index is 2.26. The second kappa shape index (κ2) is 5.81. The van der Waals surface area contributed by atoms with Crippen molar-refractivity contribution in [3.63, 3.8) is 0 Å². The Hall–Kier alpha value is -0.950. The van der Waals surface area contributed by atoms with Gasteiger partial charge in [-0.25, -0.2) is 4.98 Å². The lowest BCUT2D eigenvalue weighted by Gasteiger charge is -2.23. The topological polar surface area (TPSA) is 68.0 Å². The van der Waals surface area contributed by atoms with Gasteiger partial charge in [0.25, 0.3) is 5.91 Å². The number of hydrogen-bond acceptors (Lipinski definition) is 5. The van der Waals surface area contributed by atoms with Gasteiger partial charge in [0.2, 0.25) is 0 Å². The average Bonchev–Trinajstić information content (AvgIpc) is 2.95. The first-order valence-corrected chi connectivity index (χ1v) is 8.09. The Morgan fingerprint density at radius 2 is 2.15 bits per heavy atom. The van der Waals surface area contributed by atoms with Crippen LogP contribution < -0.4 is 11.1 Å². The first-order valence-electron chi connectivity index (χ1n) is 6.08. The summed E-state index contributed by atoms with van der Waals surface area (Å²) in [6.45, 7) is 5.99. The summed E-state index contributed by atoms with van der Waals surface area (Å²) in [4.78, 5) is 18.3. The smallest absolute Gasteiger partial charge is 0.263 e. The highest BCUT2D eigenvalue weighted by atomic mass is 35.5. The third-order valence-electron chi connectivity index (χ3n) is 2.75. The van der Waals surface area contributed by atoms with Crippen LogP contribution in [0.15, 0.2) is 12.1 Å². The van der Waals surface area contributed by atoms with Gasteiger partial charge >= 0.3 is 0 Å². The largest absolute Gasteiger partial charge is 0.345 e. The molecule has 0 spiro atoms. The van der Waals surface area contributed by atoms with Crippen molar-refractivity contribution in [2.24, 2.45) is 5.73 Å². The molecule has 0 saturated heterocycles. The molecule has 0 fully saturated rings. The Morgan fingerprint density at radius 3 is 2.70 bits per heavy atom.